The molecule has 1 amide bonds. The highest BCUT2D eigenvalue weighted by molar-refractivity contribution is 5.78. The molecule has 1 aliphatic rings. The smallest absolute Gasteiger partial charge is 0.310 e. The van der Waals surface area contributed by atoms with Crippen molar-refractivity contribution in [1.29, 1.82) is 0 Å². The molecule has 0 aromatic rings. The summed E-state index contributed by atoms with van der Waals surface area (Å²) in [6, 6.07) is -0.161. The lowest BCUT2D eigenvalue weighted by Crippen LogP contribution is -2.35. The summed E-state index contributed by atoms with van der Waals surface area (Å²) in [5.41, 5.74) is 5.67. The molecule has 1 aliphatic carbocycles. The summed E-state index contributed by atoms with van der Waals surface area (Å²) in [6.07, 6.45) is 5.19. The van der Waals surface area contributed by atoms with Gasteiger partial charge >= 0.3 is 5.97 Å². The van der Waals surface area contributed by atoms with Gasteiger partial charge in [0.05, 0.1) is 5.92 Å². The molecule has 0 bridgehead atoms. The first kappa shape index (κ1) is 15.7. The number of carbonyl (C=O) groups excluding carboxylic acids is 1. The van der Waals surface area contributed by atoms with Gasteiger partial charge in [-0.15, -0.1) is 0 Å². The Morgan fingerprint density at radius 2 is 2.11 bits per heavy atom. The van der Waals surface area contributed by atoms with E-state index in [-0.39, 0.29) is 17.9 Å². The Bertz CT molecular complexity index is 353. The van der Waals surface area contributed by atoms with Gasteiger partial charge in [-0.3, -0.25) is 9.59 Å². The van der Waals surface area contributed by atoms with E-state index in [4.69, 9.17) is 10.8 Å². The number of hydrogen-bond donors (Lipinski definition) is 3. The SMILES string of the molecule is CC(C)C[C@H](CN)CC(=O)NC1C=CC(C(=O)O)C1. The molecule has 3 atom stereocenters. The second-order valence-corrected chi connectivity index (χ2v) is 5.67. The van der Waals surface area contributed by atoms with Gasteiger partial charge in [0.25, 0.3) is 0 Å². The molecule has 5 nitrogen and oxygen atoms in total. The van der Waals surface area contributed by atoms with Crippen molar-refractivity contribution < 1.29 is 14.7 Å². The third-order valence-corrected chi connectivity index (χ3v) is 3.36. The minimum absolute atomic E-state index is 0.0446. The molecule has 0 heterocycles. The highest BCUT2D eigenvalue weighted by Gasteiger charge is 2.25. The average molecular weight is 268 g/mol. The van der Waals surface area contributed by atoms with Crippen LogP contribution in [0, 0.1) is 17.8 Å². The molecule has 5 heteroatoms. The number of nitrogens with one attached hydrogen (secondary N) is 1. The molecule has 0 radical (unpaired) electrons. The van der Waals surface area contributed by atoms with Gasteiger partial charge in [0.2, 0.25) is 5.91 Å². The summed E-state index contributed by atoms with van der Waals surface area (Å²) in [6.45, 7) is 4.72. The van der Waals surface area contributed by atoms with Crippen LogP contribution in [0.25, 0.3) is 0 Å². The lowest BCUT2D eigenvalue weighted by molar-refractivity contribution is -0.140. The van der Waals surface area contributed by atoms with E-state index in [0.717, 1.165) is 6.42 Å². The molecule has 0 aromatic heterocycles. The third-order valence-electron chi connectivity index (χ3n) is 3.36. The van der Waals surface area contributed by atoms with Crippen LogP contribution in [-0.2, 0) is 9.59 Å². The average Bonchev–Trinajstić information content (AvgIpc) is 2.75. The monoisotopic (exact) mass is 268 g/mol. The number of aliphatic carboxylic acids is 1. The van der Waals surface area contributed by atoms with E-state index in [2.05, 4.69) is 19.2 Å². The maximum atomic E-state index is 11.9. The van der Waals surface area contributed by atoms with E-state index >= 15 is 0 Å². The normalized spacial score (nSPS) is 23.6. The lowest BCUT2D eigenvalue weighted by Gasteiger charge is -2.18. The van der Waals surface area contributed by atoms with Crippen LogP contribution in [0.4, 0.5) is 0 Å². The van der Waals surface area contributed by atoms with Gasteiger partial charge in [0, 0.05) is 12.5 Å². The van der Waals surface area contributed by atoms with Crippen LogP contribution >= 0.6 is 0 Å². The van der Waals surface area contributed by atoms with Crippen molar-refractivity contribution in [2.45, 2.75) is 39.2 Å². The molecular weight excluding hydrogens is 244 g/mol. The molecule has 0 aliphatic heterocycles. The van der Waals surface area contributed by atoms with Crippen molar-refractivity contribution in [1.82, 2.24) is 5.32 Å². The van der Waals surface area contributed by atoms with Crippen LogP contribution in [0.2, 0.25) is 0 Å². The lowest BCUT2D eigenvalue weighted by atomic mass is 9.94. The molecule has 0 fully saturated rings. The van der Waals surface area contributed by atoms with Gasteiger partial charge in [-0.1, -0.05) is 26.0 Å². The molecule has 0 aromatic carbocycles. The first-order valence-electron chi connectivity index (χ1n) is 6.83. The Morgan fingerprint density at radius 1 is 1.42 bits per heavy atom. The van der Waals surface area contributed by atoms with E-state index in [0.29, 0.717) is 25.3 Å². The molecule has 4 N–H and O–H groups in total. The minimum Gasteiger partial charge on any atom is -0.481 e. The van der Waals surface area contributed by atoms with E-state index in [9.17, 15) is 9.59 Å². The fourth-order valence-corrected chi connectivity index (χ4v) is 2.45. The standard InChI is InChI=1S/C14H24N2O3/c1-9(2)5-10(8-15)6-13(17)16-12-4-3-11(7-12)14(18)19/h3-4,9-12H,5-8,15H2,1-2H3,(H,16,17)(H,18,19)/t10-,11?,12?/m0/s1. The molecule has 2 unspecified atom stereocenters. The van der Waals surface area contributed by atoms with Crippen LogP contribution in [0.5, 0.6) is 0 Å². The third kappa shape index (κ3) is 5.42. The Morgan fingerprint density at radius 3 is 2.58 bits per heavy atom. The van der Waals surface area contributed by atoms with Crippen LogP contribution < -0.4 is 11.1 Å². The van der Waals surface area contributed by atoms with Crippen molar-refractivity contribution in [2.24, 2.45) is 23.5 Å². The highest BCUT2D eigenvalue weighted by Crippen LogP contribution is 2.19. The van der Waals surface area contributed by atoms with Crippen molar-refractivity contribution in [2.75, 3.05) is 6.54 Å². The second kappa shape index (κ2) is 7.28. The quantitative estimate of drug-likeness (QED) is 0.604. The summed E-state index contributed by atoms with van der Waals surface area (Å²) in [7, 11) is 0. The van der Waals surface area contributed by atoms with Crippen molar-refractivity contribution in [3.63, 3.8) is 0 Å². The Kier molecular flexibility index (Phi) is 6.02. The predicted molar refractivity (Wildman–Crippen MR) is 73.4 cm³/mol. The van der Waals surface area contributed by atoms with Crippen molar-refractivity contribution in [3.05, 3.63) is 12.2 Å². The van der Waals surface area contributed by atoms with Gasteiger partial charge in [-0.2, -0.15) is 0 Å². The van der Waals surface area contributed by atoms with Crippen LogP contribution in [0.3, 0.4) is 0 Å². The number of carboxylic acids is 1. The van der Waals surface area contributed by atoms with Gasteiger partial charge in [0.15, 0.2) is 0 Å². The number of hydrogen-bond acceptors (Lipinski definition) is 3. The molecule has 1 rings (SSSR count). The number of amides is 1. The number of nitrogens with two attached hydrogens (primary N) is 1. The van der Waals surface area contributed by atoms with E-state index in [1.54, 1.807) is 12.2 Å². The molecule has 0 spiro atoms. The van der Waals surface area contributed by atoms with Crippen molar-refractivity contribution in [3.8, 4) is 0 Å². The van der Waals surface area contributed by atoms with E-state index in [1.807, 2.05) is 0 Å². The zero-order chi connectivity index (χ0) is 14.4. The summed E-state index contributed by atoms with van der Waals surface area (Å²) < 4.78 is 0. The maximum absolute atomic E-state index is 11.9. The van der Waals surface area contributed by atoms with Crippen LogP contribution in [0.1, 0.15) is 33.1 Å². The van der Waals surface area contributed by atoms with Gasteiger partial charge in [-0.05, 0) is 31.2 Å². The van der Waals surface area contributed by atoms with Gasteiger partial charge in [0.1, 0.15) is 0 Å². The van der Waals surface area contributed by atoms with Crippen molar-refractivity contribution >= 4 is 11.9 Å². The van der Waals surface area contributed by atoms with E-state index in [1.165, 1.54) is 0 Å². The maximum Gasteiger partial charge on any atom is 0.310 e. The highest BCUT2D eigenvalue weighted by atomic mass is 16.4. The minimum atomic E-state index is -0.840. The first-order chi connectivity index (χ1) is 8.92. The summed E-state index contributed by atoms with van der Waals surface area (Å²) in [5, 5.41) is 11.7. The summed E-state index contributed by atoms with van der Waals surface area (Å²) in [5.74, 6) is -0.652. The number of carboxylic acid groups (broad SMARTS) is 1. The fourth-order valence-electron chi connectivity index (χ4n) is 2.45. The Balaban J connectivity index is 2.36. The molecule has 0 saturated carbocycles. The van der Waals surface area contributed by atoms with Gasteiger partial charge < -0.3 is 16.2 Å². The zero-order valence-corrected chi connectivity index (χ0v) is 11.6. The molecule has 0 saturated heterocycles. The zero-order valence-electron chi connectivity index (χ0n) is 11.6. The number of carbonyl (C=O) groups is 2. The number of rotatable bonds is 7. The molecular formula is C14H24N2O3. The van der Waals surface area contributed by atoms with Gasteiger partial charge in [-0.25, -0.2) is 0 Å². The Labute approximate surface area is 114 Å². The van der Waals surface area contributed by atoms with Crippen LogP contribution in [-0.4, -0.2) is 29.6 Å². The van der Waals surface area contributed by atoms with Crippen LogP contribution in [0.15, 0.2) is 12.2 Å². The predicted octanol–water partition coefficient (Wildman–Crippen LogP) is 1.14. The first-order valence-corrected chi connectivity index (χ1v) is 6.83. The van der Waals surface area contributed by atoms with E-state index < -0.39 is 11.9 Å². The second-order valence-electron chi connectivity index (χ2n) is 5.67. The summed E-state index contributed by atoms with van der Waals surface area (Å²) >= 11 is 0. The topological polar surface area (TPSA) is 92.4 Å². The Hall–Kier alpha value is -1.36. The molecule has 19 heavy (non-hydrogen) atoms. The largest absolute Gasteiger partial charge is 0.481 e. The molecule has 108 valence electrons. The fraction of sp³-hybridized carbons (Fsp3) is 0.714. The summed E-state index contributed by atoms with van der Waals surface area (Å²) in [4.78, 5) is 22.7.